The van der Waals surface area contributed by atoms with Gasteiger partial charge in [-0.3, -0.25) is 0 Å². The number of carbonyl (C=O) groups is 2. The van der Waals surface area contributed by atoms with E-state index in [1.165, 1.54) is 0 Å². The Morgan fingerprint density at radius 1 is 1.47 bits per heavy atom. The molecule has 1 heterocycles. The SMILES string of the molecule is CC(C)(C)OC(=O)NC(C(=O)O)C1CCCO1. The van der Waals surface area contributed by atoms with Crippen molar-refractivity contribution in [3.05, 3.63) is 0 Å². The summed E-state index contributed by atoms with van der Waals surface area (Å²) >= 11 is 0. The first-order valence-corrected chi connectivity index (χ1v) is 5.63. The molecule has 0 radical (unpaired) electrons. The van der Waals surface area contributed by atoms with Crippen LogP contribution < -0.4 is 5.32 Å². The molecule has 2 N–H and O–H groups in total. The zero-order valence-electron chi connectivity index (χ0n) is 10.4. The lowest BCUT2D eigenvalue weighted by Gasteiger charge is -2.24. The largest absolute Gasteiger partial charge is 0.480 e. The highest BCUT2D eigenvalue weighted by Crippen LogP contribution is 2.16. The number of nitrogens with one attached hydrogen (secondary N) is 1. The minimum absolute atomic E-state index is 0.472. The predicted octanol–water partition coefficient (Wildman–Crippen LogP) is 1.14. The van der Waals surface area contributed by atoms with Gasteiger partial charge in [0.1, 0.15) is 5.60 Å². The molecule has 98 valence electrons. The average molecular weight is 245 g/mol. The third-order valence-corrected chi connectivity index (χ3v) is 2.27. The molecule has 6 nitrogen and oxygen atoms in total. The molecule has 2 atom stereocenters. The van der Waals surface area contributed by atoms with Gasteiger partial charge >= 0.3 is 12.1 Å². The molecular weight excluding hydrogens is 226 g/mol. The molecule has 1 rings (SSSR count). The van der Waals surface area contributed by atoms with E-state index in [4.69, 9.17) is 14.6 Å². The van der Waals surface area contributed by atoms with Crippen LogP contribution in [0.15, 0.2) is 0 Å². The van der Waals surface area contributed by atoms with Crippen molar-refractivity contribution in [3.63, 3.8) is 0 Å². The highest BCUT2D eigenvalue weighted by Gasteiger charge is 2.34. The fourth-order valence-electron chi connectivity index (χ4n) is 1.61. The van der Waals surface area contributed by atoms with Crippen LogP contribution in [0.3, 0.4) is 0 Å². The van der Waals surface area contributed by atoms with Crippen molar-refractivity contribution in [1.82, 2.24) is 5.32 Å². The summed E-state index contributed by atoms with van der Waals surface area (Å²) in [5.74, 6) is -1.11. The lowest BCUT2D eigenvalue weighted by Crippen LogP contribution is -2.49. The van der Waals surface area contributed by atoms with E-state index in [1.807, 2.05) is 0 Å². The summed E-state index contributed by atoms with van der Waals surface area (Å²) in [6.07, 6.45) is 0.234. The number of aliphatic carboxylic acids is 1. The van der Waals surface area contributed by atoms with Crippen LogP contribution in [0.1, 0.15) is 33.6 Å². The Kier molecular flexibility index (Phi) is 4.34. The van der Waals surface area contributed by atoms with Crippen molar-refractivity contribution < 1.29 is 24.2 Å². The van der Waals surface area contributed by atoms with Gasteiger partial charge in [0.15, 0.2) is 6.04 Å². The summed E-state index contributed by atoms with van der Waals surface area (Å²) in [5, 5.41) is 11.4. The Hall–Kier alpha value is -1.30. The molecule has 17 heavy (non-hydrogen) atoms. The molecule has 0 aromatic rings. The van der Waals surface area contributed by atoms with E-state index < -0.39 is 29.8 Å². The molecule has 1 aliphatic rings. The predicted molar refractivity (Wildman–Crippen MR) is 59.8 cm³/mol. The number of alkyl carbamates (subject to hydrolysis) is 1. The standard InChI is InChI=1S/C11H19NO5/c1-11(2,3)17-10(15)12-8(9(13)14)7-5-4-6-16-7/h7-8H,4-6H2,1-3H3,(H,12,15)(H,13,14). The number of carbonyl (C=O) groups excluding carboxylic acids is 1. The molecule has 2 unspecified atom stereocenters. The molecule has 1 aliphatic heterocycles. The normalized spacial score (nSPS) is 21.9. The molecule has 0 bridgehead atoms. The van der Waals surface area contributed by atoms with Gasteiger partial charge in [0, 0.05) is 6.61 Å². The van der Waals surface area contributed by atoms with E-state index in [0.717, 1.165) is 6.42 Å². The Labute approximate surface area is 100 Å². The molecule has 0 spiro atoms. The van der Waals surface area contributed by atoms with Crippen molar-refractivity contribution in [3.8, 4) is 0 Å². The molecule has 0 aliphatic carbocycles. The van der Waals surface area contributed by atoms with Gasteiger partial charge in [-0.25, -0.2) is 9.59 Å². The van der Waals surface area contributed by atoms with Gasteiger partial charge in [-0.2, -0.15) is 0 Å². The number of rotatable bonds is 3. The van der Waals surface area contributed by atoms with E-state index in [0.29, 0.717) is 13.0 Å². The summed E-state index contributed by atoms with van der Waals surface area (Å²) in [5.41, 5.74) is -0.649. The van der Waals surface area contributed by atoms with Gasteiger partial charge in [0.25, 0.3) is 0 Å². The topological polar surface area (TPSA) is 84.9 Å². The monoisotopic (exact) mass is 245 g/mol. The molecule has 0 saturated carbocycles. The van der Waals surface area contributed by atoms with Crippen LogP contribution >= 0.6 is 0 Å². The number of amides is 1. The average Bonchev–Trinajstić information content (AvgIpc) is 2.63. The summed E-state index contributed by atoms with van der Waals surface area (Å²) < 4.78 is 10.3. The van der Waals surface area contributed by atoms with E-state index >= 15 is 0 Å². The van der Waals surface area contributed by atoms with Crippen molar-refractivity contribution in [2.75, 3.05) is 6.61 Å². The Bertz CT molecular complexity index is 291. The summed E-state index contributed by atoms with van der Waals surface area (Å²) in [7, 11) is 0. The Morgan fingerprint density at radius 2 is 2.12 bits per heavy atom. The lowest BCUT2D eigenvalue weighted by molar-refractivity contribution is -0.142. The van der Waals surface area contributed by atoms with Crippen molar-refractivity contribution >= 4 is 12.1 Å². The maximum atomic E-state index is 11.5. The molecule has 1 amide bonds. The van der Waals surface area contributed by atoms with E-state index in [2.05, 4.69) is 5.32 Å². The highest BCUT2D eigenvalue weighted by molar-refractivity contribution is 5.80. The molecule has 1 fully saturated rings. The van der Waals surface area contributed by atoms with Gasteiger partial charge in [0.05, 0.1) is 6.10 Å². The molecule has 6 heteroatoms. The smallest absolute Gasteiger partial charge is 0.408 e. The summed E-state index contributed by atoms with van der Waals surface area (Å²) in [4.78, 5) is 22.5. The summed E-state index contributed by atoms with van der Waals surface area (Å²) in [6, 6.07) is -1.05. The second kappa shape index (κ2) is 5.35. The lowest BCUT2D eigenvalue weighted by atomic mass is 10.1. The molecule has 1 saturated heterocycles. The maximum Gasteiger partial charge on any atom is 0.408 e. The highest BCUT2D eigenvalue weighted by atomic mass is 16.6. The Balaban J connectivity index is 2.55. The summed E-state index contributed by atoms with van der Waals surface area (Å²) in [6.45, 7) is 5.68. The van der Waals surface area contributed by atoms with Crippen LogP contribution in [0.5, 0.6) is 0 Å². The first kappa shape index (κ1) is 13.8. The second-order valence-corrected chi connectivity index (χ2v) is 5.01. The van der Waals surface area contributed by atoms with E-state index in [-0.39, 0.29) is 0 Å². The number of ether oxygens (including phenoxy) is 2. The van der Waals surface area contributed by atoms with Crippen LogP contribution in [0.2, 0.25) is 0 Å². The van der Waals surface area contributed by atoms with Gasteiger partial charge in [0.2, 0.25) is 0 Å². The molecular formula is C11H19NO5. The number of carboxylic acids is 1. The van der Waals surface area contributed by atoms with Gasteiger partial charge in [-0.05, 0) is 33.6 Å². The van der Waals surface area contributed by atoms with Gasteiger partial charge in [-0.1, -0.05) is 0 Å². The van der Waals surface area contributed by atoms with Crippen molar-refractivity contribution in [2.24, 2.45) is 0 Å². The van der Waals surface area contributed by atoms with Gasteiger partial charge in [-0.15, -0.1) is 0 Å². The fourth-order valence-corrected chi connectivity index (χ4v) is 1.61. The molecule has 0 aromatic heterocycles. The minimum atomic E-state index is -1.11. The third-order valence-electron chi connectivity index (χ3n) is 2.27. The minimum Gasteiger partial charge on any atom is -0.480 e. The zero-order valence-corrected chi connectivity index (χ0v) is 10.4. The van der Waals surface area contributed by atoms with Crippen LogP contribution in [-0.2, 0) is 14.3 Å². The second-order valence-electron chi connectivity index (χ2n) is 5.01. The number of hydrogen-bond donors (Lipinski definition) is 2. The fraction of sp³-hybridized carbons (Fsp3) is 0.818. The number of carboxylic acid groups (broad SMARTS) is 1. The van der Waals surface area contributed by atoms with Crippen LogP contribution in [0.4, 0.5) is 4.79 Å². The zero-order chi connectivity index (χ0) is 13.1. The van der Waals surface area contributed by atoms with E-state index in [9.17, 15) is 9.59 Å². The van der Waals surface area contributed by atoms with Crippen molar-refractivity contribution in [1.29, 1.82) is 0 Å². The first-order chi connectivity index (χ1) is 7.79. The Morgan fingerprint density at radius 3 is 2.53 bits per heavy atom. The molecule has 0 aromatic carbocycles. The van der Waals surface area contributed by atoms with Crippen molar-refractivity contribution in [2.45, 2.75) is 51.4 Å². The van der Waals surface area contributed by atoms with Crippen LogP contribution in [0.25, 0.3) is 0 Å². The van der Waals surface area contributed by atoms with Crippen LogP contribution in [-0.4, -0.2) is 41.5 Å². The third kappa shape index (κ3) is 4.60. The quantitative estimate of drug-likeness (QED) is 0.779. The first-order valence-electron chi connectivity index (χ1n) is 5.63. The van der Waals surface area contributed by atoms with Gasteiger partial charge < -0.3 is 19.9 Å². The van der Waals surface area contributed by atoms with E-state index in [1.54, 1.807) is 20.8 Å². The maximum absolute atomic E-state index is 11.5. The van der Waals surface area contributed by atoms with Crippen LogP contribution in [0, 0.1) is 0 Å². The number of hydrogen-bond acceptors (Lipinski definition) is 4.